The second kappa shape index (κ2) is 5.42. The number of benzene rings is 2. The van der Waals surface area contributed by atoms with Gasteiger partial charge in [-0.3, -0.25) is 0 Å². The second-order valence-electron chi connectivity index (χ2n) is 4.93. The molecule has 0 amide bonds. The summed E-state index contributed by atoms with van der Waals surface area (Å²) in [6.07, 6.45) is 1.47. The van der Waals surface area contributed by atoms with Crippen molar-refractivity contribution in [2.24, 2.45) is 0 Å². The standard InChI is InChI=1S/C17H12N4O2/c22-16-14-11-18-21(13-9-5-2-6-10-13)15(14)20-17(23-16)19-12-7-3-1-4-8-12/h1-11H,(H,19,20). The van der Waals surface area contributed by atoms with Gasteiger partial charge in [-0.15, -0.1) is 0 Å². The van der Waals surface area contributed by atoms with E-state index in [0.29, 0.717) is 11.0 Å². The lowest BCUT2D eigenvalue weighted by Gasteiger charge is -2.05. The maximum absolute atomic E-state index is 12.1. The number of para-hydroxylation sites is 2. The summed E-state index contributed by atoms with van der Waals surface area (Å²) in [6.45, 7) is 0. The summed E-state index contributed by atoms with van der Waals surface area (Å²) in [5.74, 6) is 0. The lowest BCUT2D eigenvalue weighted by atomic mass is 10.3. The van der Waals surface area contributed by atoms with Crippen LogP contribution in [-0.4, -0.2) is 14.8 Å². The molecule has 0 radical (unpaired) electrons. The van der Waals surface area contributed by atoms with Crippen molar-refractivity contribution in [1.82, 2.24) is 14.8 Å². The van der Waals surface area contributed by atoms with E-state index in [4.69, 9.17) is 4.42 Å². The van der Waals surface area contributed by atoms with Gasteiger partial charge in [-0.2, -0.15) is 10.1 Å². The van der Waals surface area contributed by atoms with Gasteiger partial charge in [0.25, 0.3) is 0 Å². The highest BCUT2D eigenvalue weighted by Gasteiger charge is 2.13. The van der Waals surface area contributed by atoms with Gasteiger partial charge in [0.1, 0.15) is 5.39 Å². The molecule has 112 valence electrons. The summed E-state index contributed by atoms with van der Waals surface area (Å²) in [5, 5.41) is 7.57. The van der Waals surface area contributed by atoms with Crippen LogP contribution in [0.5, 0.6) is 0 Å². The maximum Gasteiger partial charge on any atom is 0.351 e. The lowest BCUT2D eigenvalue weighted by molar-refractivity contribution is 0.521. The second-order valence-corrected chi connectivity index (χ2v) is 4.93. The monoisotopic (exact) mass is 304 g/mol. The Kier molecular flexibility index (Phi) is 3.12. The highest BCUT2D eigenvalue weighted by molar-refractivity contribution is 5.76. The SMILES string of the molecule is O=c1oc(Nc2ccccc2)nc2c1cnn2-c1ccccc1. The fourth-order valence-electron chi connectivity index (χ4n) is 2.31. The molecule has 0 saturated carbocycles. The zero-order chi connectivity index (χ0) is 15.6. The van der Waals surface area contributed by atoms with Crippen molar-refractivity contribution < 1.29 is 4.42 Å². The van der Waals surface area contributed by atoms with Crippen LogP contribution < -0.4 is 10.9 Å². The third-order valence-electron chi connectivity index (χ3n) is 3.39. The molecule has 4 rings (SSSR count). The minimum absolute atomic E-state index is 0.131. The number of anilines is 2. The van der Waals surface area contributed by atoms with Crippen molar-refractivity contribution >= 4 is 22.7 Å². The predicted molar refractivity (Wildman–Crippen MR) is 87.1 cm³/mol. The molecule has 0 aliphatic rings. The van der Waals surface area contributed by atoms with E-state index in [9.17, 15) is 4.79 Å². The van der Waals surface area contributed by atoms with Crippen molar-refractivity contribution in [3.63, 3.8) is 0 Å². The molecule has 6 nitrogen and oxygen atoms in total. The van der Waals surface area contributed by atoms with E-state index in [1.54, 1.807) is 4.68 Å². The molecule has 0 unspecified atom stereocenters. The first kappa shape index (κ1) is 13.3. The van der Waals surface area contributed by atoms with Gasteiger partial charge < -0.3 is 9.73 Å². The number of hydrogen-bond acceptors (Lipinski definition) is 5. The van der Waals surface area contributed by atoms with E-state index < -0.39 is 5.63 Å². The fraction of sp³-hybridized carbons (Fsp3) is 0. The molecule has 0 bridgehead atoms. The molecule has 2 aromatic heterocycles. The number of nitrogens with one attached hydrogen (secondary N) is 1. The average Bonchev–Trinajstić information content (AvgIpc) is 3.01. The highest BCUT2D eigenvalue weighted by Crippen LogP contribution is 2.18. The van der Waals surface area contributed by atoms with E-state index in [1.165, 1.54) is 6.20 Å². The van der Waals surface area contributed by atoms with E-state index >= 15 is 0 Å². The van der Waals surface area contributed by atoms with Gasteiger partial charge in [-0.25, -0.2) is 9.48 Å². The Hall–Kier alpha value is -3.41. The summed E-state index contributed by atoms with van der Waals surface area (Å²) in [5.41, 5.74) is 1.58. The first-order valence-electron chi connectivity index (χ1n) is 7.08. The summed E-state index contributed by atoms with van der Waals surface area (Å²) in [7, 11) is 0. The van der Waals surface area contributed by atoms with Crippen LogP contribution >= 0.6 is 0 Å². The Morgan fingerprint density at radius 2 is 1.65 bits per heavy atom. The van der Waals surface area contributed by atoms with Crippen LogP contribution in [0.15, 0.2) is 76.1 Å². The van der Waals surface area contributed by atoms with E-state index in [-0.39, 0.29) is 6.01 Å². The van der Waals surface area contributed by atoms with Crippen LogP contribution in [0.2, 0.25) is 0 Å². The molecular weight excluding hydrogens is 292 g/mol. The van der Waals surface area contributed by atoms with Crippen molar-refractivity contribution in [2.75, 3.05) is 5.32 Å². The normalized spacial score (nSPS) is 10.8. The van der Waals surface area contributed by atoms with Crippen molar-refractivity contribution in [3.05, 3.63) is 77.3 Å². The third kappa shape index (κ3) is 2.46. The van der Waals surface area contributed by atoms with Gasteiger partial charge in [0.15, 0.2) is 5.65 Å². The number of aromatic nitrogens is 3. The molecule has 1 N–H and O–H groups in total. The molecule has 2 heterocycles. The summed E-state index contributed by atoms with van der Waals surface area (Å²) in [6, 6.07) is 19.0. The van der Waals surface area contributed by atoms with Crippen LogP contribution in [0.1, 0.15) is 0 Å². The van der Waals surface area contributed by atoms with Gasteiger partial charge in [0, 0.05) is 5.69 Å². The minimum atomic E-state index is -0.476. The third-order valence-corrected chi connectivity index (χ3v) is 3.39. The van der Waals surface area contributed by atoms with Crippen LogP contribution in [0, 0.1) is 0 Å². The summed E-state index contributed by atoms with van der Waals surface area (Å²) < 4.78 is 6.83. The topological polar surface area (TPSA) is 73.0 Å². The van der Waals surface area contributed by atoms with Crippen LogP contribution in [0.25, 0.3) is 16.7 Å². The van der Waals surface area contributed by atoms with Crippen LogP contribution in [-0.2, 0) is 0 Å². The van der Waals surface area contributed by atoms with Gasteiger partial charge in [0.05, 0.1) is 11.9 Å². The number of fused-ring (bicyclic) bond motifs is 1. The van der Waals surface area contributed by atoms with Gasteiger partial charge in [-0.1, -0.05) is 36.4 Å². The molecule has 0 spiro atoms. The molecule has 4 aromatic rings. The molecule has 0 fully saturated rings. The zero-order valence-electron chi connectivity index (χ0n) is 12.0. The Morgan fingerprint density at radius 1 is 0.957 bits per heavy atom. The lowest BCUT2D eigenvalue weighted by Crippen LogP contribution is -2.06. The molecule has 0 aliphatic carbocycles. The zero-order valence-corrected chi connectivity index (χ0v) is 12.0. The molecule has 0 saturated heterocycles. The maximum atomic E-state index is 12.1. The van der Waals surface area contributed by atoms with Gasteiger partial charge >= 0.3 is 11.6 Å². The fourth-order valence-corrected chi connectivity index (χ4v) is 2.31. The number of hydrogen-bond donors (Lipinski definition) is 1. The predicted octanol–water partition coefficient (Wildman–Crippen LogP) is 3.12. The Balaban J connectivity index is 1.84. The van der Waals surface area contributed by atoms with Crippen LogP contribution in [0.3, 0.4) is 0 Å². The Morgan fingerprint density at radius 3 is 2.39 bits per heavy atom. The molecular formula is C17H12N4O2. The minimum Gasteiger partial charge on any atom is -0.388 e. The summed E-state index contributed by atoms with van der Waals surface area (Å²) >= 11 is 0. The van der Waals surface area contributed by atoms with E-state index in [1.807, 2.05) is 60.7 Å². The Bertz CT molecular complexity index is 1010. The smallest absolute Gasteiger partial charge is 0.351 e. The van der Waals surface area contributed by atoms with Crippen molar-refractivity contribution in [3.8, 4) is 5.69 Å². The summed E-state index contributed by atoms with van der Waals surface area (Å²) in [4.78, 5) is 16.5. The molecule has 0 atom stereocenters. The van der Waals surface area contributed by atoms with E-state index in [2.05, 4.69) is 15.4 Å². The quantitative estimate of drug-likeness (QED) is 0.629. The first-order valence-corrected chi connectivity index (χ1v) is 7.08. The van der Waals surface area contributed by atoms with Crippen molar-refractivity contribution in [2.45, 2.75) is 0 Å². The van der Waals surface area contributed by atoms with Gasteiger partial charge in [-0.05, 0) is 24.3 Å². The average molecular weight is 304 g/mol. The first-order chi connectivity index (χ1) is 11.3. The van der Waals surface area contributed by atoms with Crippen molar-refractivity contribution in [1.29, 1.82) is 0 Å². The van der Waals surface area contributed by atoms with Crippen LogP contribution in [0.4, 0.5) is 11.7 Å². The number of nitrogens with zero attached hydrogens (tertiary/aromatic N) is 3. The number of rotatable bonds is 3. The molecule has 0 aliphatic heterocycles. The van der Waals surface area contributed by atoms with E-state index in [0.717, 1.165) is 11.4 Å². The molecule has 2 aromatic carbocycles. The highest BCUT2D eigenvalue weighted by atomic mass is 16.4. The Labute approximate surface area is 131 Å². The molecule has 6 heteroatoms. The molecule has 23 heavy (non-hydrogen) atoms. The largest absolute Gasteiger partial charge is 0.388 e. The van der Waals surface area contributed by atoms with Gasteiger partial charge in [0.2, 0.25) is 0 Å².